The predicted molar refractivity (Wildman–Crippen MR) is 53.1 cm³/mol. The van der Waals surface area contributed by atoms with E-state index in [0.717, 1.165) is 6.07 Å². The van der Waals surface area contributed by atoms with E-state index in [1.54, 1.807) is 0 Å². The second-order valence-corrected chi connectivity index (χ2v) is 4.18. The molecule has 7 heteroatoms. The summed E-state index contributed by atoms with van der Waals surface area (Å²) in [4.78, 5) is 2.87. The van der Waals surface area contributed by atoms with Gasteiger partial charge in [-0.1, -0.05) is 0 Å². The van der Waals surface area contributed by atoms with E-state index < -0.39 is 23.4 Å². The van der Waals surface area contributed by atoms with Crippen molar-refractivity contribution in [3.8, 4) is 0 Å². The van der Waals surface area contributed by atoms with Crippen LogP contribution in [0.5, 0.6) is 0 Å². The molecule has 0 unspecified atom stereocenters. The van der Waals surface area contributed by atoms with Crippen LogP contribution in [-0.4, -0.2) is 23.3 Å². The number of hydrogen-bond acceptors (Lipinski definition) is 3. The molecule has 18 heavy (non-hydrogen) atoms. The molecule has 0 bridgehead atoms. The molecule has 2 rings (SSSR count). The van der Waals surface area contributed by atoms with Crippen LogP contribution in [0.1, 0.15) is 24.1 Å². The van der Waals surface area contributed by atoms with Crippen molar-refractivity contribution in [2.24, 2.45) is 0 Å². The van der Waals surface area contributed by atoms with Gasteiger partial charge in [0.25, 0.3) is 0 Å². The topological polar surface area (TPSA) is 42.4 Å². The Labute approximate surface area is 100 Å². The molecule has 1 fully saturated rings. The van der Waals surface area contributed by atoms with Crippen molar-refractivity contribution in [2.75, 3.05) is 13.2 Å². The third-order valence-electron chi connectivity index (χ3n) is 2.96. The maximum absolute atomic E-state index is 13.6. The molecule has 1 saturated heterocycles. The molecule has 1 N–H and O–H groups in total. The van der Waals surface area contributed by atoms with Crippen molar-refractivity contribution < 1.29 is 27.4 Å². The minimum Gasteiger partial charge on any atom is -0.385 e. The van der Waals surface area contributed by atoms with E-state index in [1.807, 2.05) is 0 Å². The van der Waals surface area contributed by atoms with E-state index in [9.17, 15) is 22.7 Å². The largest absolute Gasteiger partial charge is 0.433 e. The number of halogens is 4. The summed E-state index contributed by atoms with van der Waals surface area (Å²) in [6.45, 7) is 0.466. The van der Waals surface area contributed by atoms with Gasteiger partial charge < -0.3 is 9.84 Å². The van der Waals surface area contributed by atoms with E-state index in [4.69, 9.17) is 4.74 Å². The molecule has 1 aromatic heterocycles. The van der Waals surface area contributed by atoms with Crippen LogP contribution in [0.25, 0.3) is 0 Å². The van der Waals surface area contributed by atoms with Crippen LogP contribution in [0.15, 0.2) is 12.1 Å². The molecule has 0 aliphatic carbocycles. The normalized spacial score (nSPS) is 19.8. The van der Waals surface area contributed by atoms with E-state index >= 15 is 0 Å². The molecule has 0 radical (unpaired) electrons. The van der Waals surface area contributed by atoms with Gasteiger partial charge in [0.2, 0.25) is 5.95 Å². The van der Waals surface area contributed by atoms with Gasteiger partial charge in [-0.25, -0.2) is 4.98 Å². The minimum absolute atomic E-state index is 0.136. The van der Waals surface area contributed by atoms with Crippen LogP contribution >= 0.6 is 0 Å². The van der Waals surface area contributed by atoms with Crippen molar-refractivity contribution in [3.63, 3.8) is 0 Å². The molecule has 0 atom stereocenters. The first kappa shape index (κ1) is 13.2. The second-order valence-electron chi connectivity index (χ2n) is 4.18. The monoisotopic (exact) mass is 265 g/mol. The van der Waals surface area contributed by atoms with Gasteiger partial charge in [0.05, 0.1) is 5.60 Å². The highest BCUT2D eigenvalue weighted by molar-refractivity contribution is 5.24. The lowest BCUT2D eigenvalue weighted by atomic mass is 9.87. The van der Waals surface area contributed by atoms with Crippen molar-refractivity contribution >= 4 is 0 Å². The lowest BCUT2D eigenvalue weighted by molar-refractivity contribution is -0.141. The third-order valence-corrected chi connectivity index (χ3v) is 2.96. The summed E-state index contributed by atoms with van der Waals surface area (Å²) in [5.41, 5.74) is -3.02. The molecule has 1 aliphatic heterocycles. The zero-order valence-corrected chi connectivity index (χ0v) is 9.30. The SMILES string of the molecule is OC1(c2ccc(C(F)(F)F)nc2F)CCOCC1. The van der Waals surface area contributed by atoms with Crippen LogP contribution in [-0.2, 0) is 16.5 Å². The predicted octanol–water partition coefficient (Wildman–Crippen LogP) is 2.24. The maximum Gasteiger partial charge on any atom is 0.433 e. The highest BCUT2D eigenvalue weighted by Crippen LogP contribution is 2.35. The molecule has 0 saturated carbocycles. The summed E-state index contributed by atoms with van der Waals surface area (Å²) in [6, 6.07) is 1.61. The van der Waals surface area contributed by atoms with Gasteiger partial charge >= 0.3 is 6.18 Å². The maximum atomic E-state index is 13.6. The number of nitrogens with zero attached hydrogens (tertiary/aromatic N) is 1. The standard InChI is InChI=1S/C11H11F4NO2/c12-9-7(10(17)3-5-18-6-4-10)1-2-8(16-9)11(13,14)15/h1-2,17H,3-6H2. The molecule has 0 spiro atoms. The van der Waals surface area contributed by atoms with Crippen molar-refractivity contribution in [1.29, 1.82) is 0 Å². The first-order chi connectivity index (χ1) is 8.33. The van der Waals surface area contributed by atoms with Gasteiger partial charge in [-0.3, -0.25) is 0 Å². The van der Waals surface area contributed by atoms with Gasteiger partial charge in [-0.2, -0.15) is 17.6 Å². The molecular weight excluding hydrogens is 254 g/mol. The highest BCUT2D eigenvalue weighted by Gasteiger charge is 2.38. The Bertz CT molecular complexity index is 441. The zero-order chi connectivity index (χ0) is 13.4. The smallest absolute Gasteiger partial charge is 0.385 e. The Morgan fingerprint density at radius 1 is 1.22 bits per heavy atom. The van der Waals surface area contributed by atoms with Crippen LogP contribution in [0, 0.1) is 5.95 Å². The fourth-order valence-corrected chi connectivity index (χ4v) is 1.92. The first-order valence-corrected chi connectivity index (χ1v) is 5.37. The van der Waals surface area contributed by atoms with Gasteiger partial charge in [0.15, 0.2) is 0 Å². The average Bonchev–Trinajstić information content (AvgIpc) is 2.28. The summed E-state index contributed by atoms with van der Waals surface area (Å²) in [7, 11) is 0. The van der Waals surface area contributed by atoms with Gasteiger partial charge in [0.1, 0.15) is 5.69 Å². The van der Waals surface area contributed by atoms with Crippen LogP contribution in [0.2, 0.25) is 0 Å². The summed E-state index contributed by atoms with van der Waals surface area (Å²) in [6.07, 6.45) is -4.43. The zero-order valence-electron chi connectivity index (χ0n) is 9.30. The highest BCUT2D eigenvalue weighted by atomic mass is 19.4. The third kappa shape index (κ3) is 2.46. The fraction of sp³-hybridized carbons (Fsp3) is 0.545. The number of pyridine rings is 1. The summed E-state index contributed by atoms with van der Waals surface area (Å²) in [5, 5.41) is 10.2. The Morgan fingerprint density at radius 2 is 1.83 bits per heavy atom. The Balaban J connectivity index is 2.35. The number of aromatic nitrogens is 1. The Morgan fingerprint density at radius 3 is 2.33 bits per heavy atom. The van der Waals surface area contributed by atoms with Gasteiger partial charge in [-0.05, 0) is 12.1 Å². The van der Waals surface area contributed by atoms with Crippen molar-refractivity contribution in [3.05, 3.63) is 29.3 Å². The van der Waals surface area contributed by atoms with Crippen LogP contribution in [0.3, 0.4) is 0 Å². The average molecular weight is 265 g/mol. The lowest BCUT2D eigenvalue weighted by Gasteiger charge is -2.32. The van der Waals surface area contributed by atoms with E-state index in [1.165, 1.54) is 0 Å². The Kier molecular flexibility index (Phi) is 3.29. The number of ether oxygens (including phenoxy) is 1. The number of rotatable bonds is 1. The van der Waals surface area contributed by atoms with Gasteiger partial charge in [-0.15, -0.1) is 0 Å². The number of alkyl halides is 3. The lowest BCUT2D eigenvalue weighted by Crippen LogP contribution is -2.34. The van der Waals surface area contributed by atoms with Crippen molar-refractivity contribution in [1.82, 2.24) is 4.98 Å². The molecule has 3 nitrogen and oxygen atoms in total. The Hall–Kier alpha value is -1.21. The number of aliphatic hydroxyl groups is 1. The fourth-order valence-electron chi connectivity index (χ4n) is 1.92. The molecule has 0 amide bonds. The molecule has 1 aromatic rings. The quantitative estimate of drug-likeness (QED) is 0.625. The minimum atomic E-state index is -4.70. The molecule has 1 aliphatic rings. The van der Waals surface area contributed by atoms with Crippen molar-refractivity contribution in [2.45, 2.75) is 24.6 Å². The van der Waals surface area contributed by atoms with Crippen LogP contribution in [0.4, 0.5) is 17.6 Å². The second kappa shape index (κ2) is 4.47. The molecular formula is C11H11F4NO2. The van der Waals surface area contributed by atoms with E-state index in [0.29, 0.717) is 6.07 Å². The molecule has 0 aromatic carbocycles. The summed E-state index contributed by atoms with van der Waals surface area (Å²) in [5.74, 6) is -1.28. The van der Waals surface area contributed by atoms with E-state index in [-0.39, 0.29) is 31.6 Å². The molecule has 2 heterocycles. The van der Waals surface area contributed by atoms with Crippen LogP contribution < -0.4 is 0 Å². The summed E-state index contributed by atoms with van der Waals surface area (Å²) >= 11 is 0. The first-order valence-electron chi connectivity index (χ1n) is 5.37. The van der Waals surface area contributed by atoms with E-state index in [2.05, 4.69) is 4.98 Å². The molecule has 100 valence electrons. The number of hydrogen-bond donors (Lipinski definition) is 1. The van der Waals surface area contributed by atoms with Gasteiger partial charge in [0, 0.05) is 31.6 Å². The summed E-state index contributed by atoms with van der Waals surface area (Å²) < 4.78 is 55.6.